The van der Waals surface area contributed by atoms with E-state index >= 15 is 0 Å². The molecule has 3 N–H and O–H groups in total. The molecule has 1 aliphatic rings. The van der Waals surface area contributed by atoms with Crippen molar-refractivity contribution < 1.29 is 4.79 Å². The van der Waals surface area contributed by atoms with E-state index < -0.39 is 0 Å². The number of nitrogens with zero attached hydrogens (tertiary/aromatic N) is 1. The van der Waals surface area contributed by atoms with Crippen LogP contribution in [-0.2, 0) is 0 Å². The zero-order valence-corrected chi connectivity index (χ0v) is 12.6. The van der Waals surface area contributed by atoms with Crippen LogP contribution < -0.4 is 11.1 Å². The second kappa shape index (κ2) is 7.68. The Morgan fingerprint density at radius 1 is 1.42 bits per heavy atom. The minimum Gasteiger partial charge on any atom is -0.344 e. The van der Waals surface area contributed by atoms with Crippen LogP contribution in [0, 0.1) is 6.92 Å². The molecule has 108 valence electrons. The highest BCUT2D eigenvalue weighted by molar-refractivity contribution is 5.94. The van der Waals surface area contributed by atoms with Gasteiger partial charge < -0.3 is 11.1 Å². The lowest BCUT2D eigenvalue weighted by molar-refractivity contribution is 0.0897. The Balaban J connectivity index is 0.00000162. The summed E-state index contributed by atoms with van der Waals surface area (Å²) in [5.74, 6) is -0.101. The molecule has 1 amide bonds. The van der Waals surface area contributed by atoms with Gasteiger partial charge in [-0.1, -0.05) is 18.9 Å². The van der Waals surface area contributed by atoms with Gasteiger partial charge in [0.05, 0.1) is 5.54 Å². The van der Waals surface area contributed by atoms with E-state index in [0.29, 0.717) is 12.2 Å². The van der Waals surface area contributed by atoms with Crippen molar-refractivity contribution in [3.8, 4) is 0 Å². The van der Waals surface area contributed by atoms with Crippen molar-refractivity contribution in [2.45, 2.75) is 38.1 Å². The maximum absolute atomic E-state index is 12.2. The Morgan fingerprint density at radius 2 is 2.05 bits per heavy atom. The predicted molar refractivity (Wildman–Crippen MR) is 81.2 cm³/mol. The number of amides is 1. The fourth-order valence-electron chi connectivity index (χ4n) is 2.46. The molecule has 0 unspecified atom stereocenters. The molecule has 1 aromatic heterocycles. The number of halogens is 2. The smallest absolute Gasteiger partial charge is 0.270 e. The summed E-state index contributed by atoms with van der Waals surface area (Å²) in [6.45, 7) is 2.40. The van der Waals surface area contributed by atoms with Crippen LogP contribution in [0.2, 0.25) is 0 Å². The van der Waals surface area contributed by atoms with Crippen molar-refractivity contribution >= 4 is 30.7 Å². The third-order valence-electron chi connectivity index (χ3n) is 3.55. The SMILES string of the molecule is Cc1cccnc1C(=O)NC1(CN)CCCC1.Cl.Cl. The second-order valence-corrected chi connectivity index (χ2v) is 4.81. The number of carbonyl (C=O) groups excluding carboxylic acids is 1. The van der Waals surface area contributed by atoms with E-state index in [4.69, 9.17) is 5.73 Å². The third-order valence-corrected chi connectivity index (χ3v) is 3.55. The summed E-state index contributed by atoms with van der Waals surface area (Å²) in [4.78, 5) is 16.3. The van der Waals surface area contributed by atoms with E-state index in [-0.39, 0.29) is 36.3 Å². The van der Waals surface area contributed by atoms with Crippen molar-refractivity contribution in [1.82, 2.24) is 10.3 Å². The van der Waals surface area contributed by atoms with Crippen molar-refractivity contribution in [3.63, 3.8) is 0 Å². The average Bonchev–Trinajstić information content (AvgIpc) is 2.79. The molecular formula is C13H21Cl2N3O. The van der Waals surface area contributed by atoms with Crippen LogP contribution in [0.4, 0.5) is 0 Å². The van der Waals surface area contributed by atoms with Gasteiger partial charge in [-0.2, -0.15) is 0 Å². The molecule has 0 saturated heterocycles. The molecule has 0 aliphatic heterocycles. The zero-order valence-electron chi connectivity index (χ0n) is 11.0. The lowest BCUT2D eigenvalue weighted by atomic mass is 9.97. The molecule has 1 aromatic rings. The molecule has 1 aliphatic carbocycles. The molecule has 1 fully saturated rings. The number of aryl methyl sites for hydroxylation is 1. The first-order chi connectivity index (χ1) is 8.17. The summed E-state index contributed by atoms with van der Waals surface area (Å²) < 4.78 is 0. The highest BCUT2D eigenvalue weighted by Gasteiger charge is 2.34. The number of nitrogens with one attached hydrogen (secondary N) is 1. The molecule has 0 aromatic carbocycles. The van der Waals surface area contributed by atoms with Gasteiger partial charge in [0.1, 0.15) is 5.69 Å². The number of hydrogen-bond acceptors (Lipinski definition) is 3. The number of aromatic nitrogens is 1. The third kappa shape index (κ3) is 4.06. The van der Waals surface area contributed by atoms with E-state index in [9.17, 15) is 4.79 Å². The van der Waals surface area contributed by atoms with Gasteiger partial charge >= 0.3 is 0 Å². The summed E-state index contributed by atoms with van der Waals surface area (Å²) in [5.41, 5.74) is 7.00. The van der Waals surface area contributed by atoms with E-state index in [1.165, 1.54) is 0 Å². The van der Waals surface area contributed by atoms with Crippen molar-refractivity contribution in [2.24, 2.45) is 5.73 Å². The fourth-order valence-corrected chi connectivity index (χ4v) is 2.46. The maximum Gasteiger partial charge on any atom is 0.270 e. The van der Waals surface area contributed by atoms with Gasteiger partial charge in [-0.25, -0.2) is 0 Å². The van der Waals surface area contributed by atoms with Crippen LogP contribution in [0.3, 0.4) is 0 Å². The Bertz CT molecular complexity index is 420. The van der Waals surface area contributed by atoms with Crippen LogP contribution in [0.5, 0.6) is 0 Å². The zero-order chi connectivity index (χ0) is 12.3. The van der Waals surface area contributed by atoms with Crippen LogP contribution in [0.15, 0.2) is 18.3 Å². The second-order valence-electron chi connectivity index (χ2n) is 4.81. The summed E-state index contributed by atoms with van der Waals surface area (Å²) in [6.07, 6.45) is 5.87. The standard InChI is InChI=1S/C13H19N3O.2ClH/c1-10-5-4-8-15-11(10)12(17)16-13(9-14)6-2-3-7-13;;/h4-5,8H,2-3,6-7,9,14H2,1H3,(H,16,17);2*1H. The molecule has 4 nitrogen and oxygen atoms in total. The highest BCUT2D eigenvalue weighted by Crippen LogP contribution is 2.28. The van der Waals surface area contributed by atoms with Gasteiger partial charge in [0.2, 0.25) is 0 Å². The average molecular weight is 306 g/mol. The van der Waals surface area contributed by atoms with Crippen LogP contribution in [0.1, 0.15) is 41.7 Å². The fraction of sp³-hybridized carbons (Fsp3) is 0.538. The van der Waals surface area contributed by atoms with E-state index in [2.05, 4.69) is 10.3 Å². The molecule has 19 heavy (non-hydrogen) atoms. The first-order valence-corrected chi connectivity index (χ1v) is 6.11. The first-order valence-electron chi connectivity index (χ1n) is 6.11. The maximum atomic E-state index is 12.2. The molecule has 0 atom stereocenters. The Hall–Kier alpha value is -0.840. The number of hydrogen-bond donors (Lipinski definition) is 2. The molecule has 6 heteroatoms. The van der Waals surface area contributed by atoms with Crippen LogP contribution in [-0.4, -0.2) is 23.0 Å². The van der Waals surface area contributed by atoms with Gasteiger partial charge in [0.25, 0.3) is 5.91 Å². The number of nitrogens with two attached hydrogens (primary N) is 1. The van der Waals surface area contributed by atoms with Crippen LogP contribution in [0.25, 0.3) is 0 Å². The predicted octanol–water partition coefficient (Wildman–Crippen LogP) is 2.23. The molecular weight excluding hydrogens is 285 g/mol. The normalized spacial score (nSPS) is 16.1. The summed E-state index contributed by atoms with van der Waals surface area (Å²) in [6, 6.07) is 3.73. The summed E-state index contributed by atoms with van der Waals surface area (Å²) >= 11 is 0. The minimum absolute atomic E-state index is 0. The molecule has 0 radical (unpaired) electrons. The highest BCUT2D eigenvalue weighted by atomic mass is 35.5. The lowest BCUT2D eigenvalue weighted by Gasteiger charge is -2.28. The van der Waals surface area contributed by atoms with Gasteiger partial charge in [-0.3, -0.25) is 9.78 Å². The van der Waals surface area contributed by atoms with Gasteiger partial charge in [-0.15, -0.1) is 24.8 Å². The number of pyridine rings is 1. The Morgan fingerprint density at radius 3 is 2.58 bits per heavy atom. The summed E-state index contributed by atoms with van der Waals surface area (Å²) in [5, 5.41) is 3.07. The van der Waals surface area contributed by atoms with Gasteiger partial charge in [-0.05, 0) is 31.4 Å². The minimum atomic E-state index is -0.207. The largest absolute Gasteiger partial charge is 0.344 e. The summed E-state index contributed by atoms with van der Waals surface area (Å²) in [7, 11) is 0. The molecule has 1 saturated carbocycles. The topological polar surface area (TPSA) is 68.0 Å². The molecule has 1 heterocycles. The number of rotatable bonds is 3. The number of carbonyl (C=O) groups is 1. The Labute approximate surface area is 126 Å². The quantitative estimate of drug-likeness (QED) is 0.900. The molecule has 0 spiro atoms. The molecule has 2 rings (SSSR count). The Kier molecular flexibility index (Phi) is 7.34. The van der Waals surface area contributed by atoms with E-state index in [1.807, 2.05) is 19.1 Å². The molecule has 0 bridgehead atoms. The van der Waals surface area contributed by atoms with Crippen LogP contribution >= 0.6 is 24.8 Å². The van der Waals surface area contributed by atoms with E-state index in [1.54, 1.807) is 6.20 Å². The lowest BCUT2D eigenvalue weighted by Crippen LogP contribution is -2.51. The van der Waals surface area contributed by atoms with Crippen molar-refractivity contribution in [1.29, 1.82) is 0 Å². The monoisotopic (exact) mass is 305 g/mol. The van der Waals surface area contributed by atoms with Crippen molar-refractivity contribution in [2.75, 3.05) is 6.54 Å². The van der Waals surface area contributed by atoms with Gasteiger partial charge in [0.15, 0.2) is 0 Å². The van der Waals surface area contributed by atoms with E-state index in [0.717, 1.165) is 31.2 Å². The van der Waals surface area contributed by atoms with Crippen molar-refractivity contribution in [3.05, 3.63) is 29.6 Å². The van der Waals surface area contributed by atoms with Gasteiger partial charge in [0, 0.05) is 12.7 Å². The first kappa shape index (κ1) is 18.2.